The summed E-state index contributed by atoms with van der Waals surface area (Å²) in [4.78, 5) is 28.3. The van der Waals surface area contributed by atoms with Crippen LogP contribution < -0.4 is 4.74 Å². The highest BCUT2D eigenvalue weighted by molar-refractivity contribution is 7.17. The molecule has 3 heterocycles. The monoisotopic (exact) mass is 426 g/mol. The number of hydrogen-bond acceptors (Lipinski definition) is 5. The summed E-state index contributed by atoms with van der Waals surface area (Å²) in [7, 11) is 0. The van der Waals surface area contributed by atoms with Gasteiger partial charge in [-0.15, -0.1) is 11.3 Å². The van der Waals surface area contributed by atoms with E-state index in [2.05, 4.69) is 4.98 Å². The van der Waals surface area contributed by atoms with Crippen LogP contribution in [0.15, 0.2) is 54.7 Å². The van der Waals surface area contributed by atoms with E-state index in [0.29, 0.717) is 27.5 Å². The molecule has 1 aromatic carbocycles. The highest BCUT2D eigenvalue weighted by atomic mass is 35.5. The standard InChI is InChI=1S/C21H15ClN2O4S/c1-12(13-6-2-3-7-14(13)22)28-16-10-17(29-20(16)21(26)27)19-15(11-25)23-18-8-4-5-9-24(18)19/h2-12H,1H3,(H,26,27). The molecule has 0 bridgehead atoms. The van der Waals surface area contributed by atoms with Crippen LogP contribution in [0, 0.1) is 0 Å². The summed E-state index contributed by atoms with van der Waals surface area (Å²) in [6.45, 7) is 1.80. The van der Waals surface area contributed by atoms with E-state index in [4.69, 9.17) is 16.3 Å². The van der Waals surface area contributed by atoms with E-state index in [9.17, 15) is 14.7 Å². The van der Waals surface area contributed by atoms with Crippen molar-refractivity contribution in [3.63, 3.8) is 0 Å². The fraction of sp³-hybridized carbons (Fsp3) is 0.0952. The van der Waals surface area contributed by atoms with Gasteiger partial charge in [0.05, 0.1) is 10.6 Å². The number of aromatic nitrogens is 2. The highest BCUT2D eigenvalue weighted by Crippen LogP contribution is 2.40. The number of nitrogens with zero attached hydrogens (tertiary/aromatic N) is 2. The third-order valence-electron chi connectivity index (χ3n) is 4.44. The number of carbonyl (C=O) groups is 2. The quantitative estimate of drug-likeness (QED) is 0.419. The zero-order chi connectivity index (χ0) is 20.5. The third kappa shape index (κ3) is 3.50. The zero-order valence-electron chi connectivity index (χ0n) is 15.2. The molecule has 146 valence electrons. The number of aldehydes is 1. The van der Waals surface area contributed by atoms with Crippen LogP contribution in [0.25, 0.3) is 16.2 Å². The maximum absolute atomic E-state index is 11.8. The molecule has 0 saturated heterocycles. The Morgan fingerprint density at radius 3 is 2.76 bits per heavy atom. The summed E-state index contributed by atoms with van der Waals surface area (Å²) < 4.78 is 7.72. The van der Waals surface area contributed by atoms with Crippen molar-refractivity contribution in [2.75, 3.05) is 0 Å². The van der Waals surface area contributed by atoms with Gasteiger partial charge in [0.15, 0.2) is 11.2 Å². The number of aromatic carboxylic acids is 1. The van der Waals surface area contributed by atoms with Gasteiger partial charge in [-0.2, -0.15) is 0 Å². The predicted octanol–water partition coefficient (Wildman–Crippen LogP) is 5.37. The summed E-state index contributed by atoms with van der Waals surface area (Å²) in [6.07, 6.45) is 1.98. The largest absolute Gasteiger partial charge is 0.484 e. The van der Waals surface area contributed by atoms with Crippen molar-refractivity contribution in [3.8, 4) is 16.3 Å². The molecular formula is C21H15ClN2O4S. The van der Waals surface area contributed by atoms with Crippen LogP contribution in [0.1, 0.15) is 38.8 Å². The number of thiophene rings is 1. The highest BCUT2D eigenvalue weighted by Gasteiger charge is 2.24. The van der Waals surface area contributed by atoms with E-state index in [0.717, 1.165) is 16.9 Å². The second-order valence-corrected chi connectivity index (χ2v) is 7.74. The number of carbonyl (C=O) groups excluding carboxylic acids is 1. The van der Waals surface area contributed by atoms with E-state index in [-0.39, 0.29) is 16.3 Å². The van der Waals surface area contributed by atoms with Gasteiger partial charge in [-0.25, -0.2) is 9.78 Å². The summed E-state index contributed by atoms with van der Waals surface area (Å²) in [5, 5.41) is 10.2. The van der Waals surface area contributed by atoms with Crippen LogP contribution in [0.2, 0.25) is 5.02 Å². The van der Waals surface area contributed by atoms with E-state index in [1.54, 1.807) is 35.7 Å². The van der Waals surface area contributed by atoms with Crippen LogP contribution in [0.4, 0.5) is 0 Å². The molecule has 0 aliphatic rings. The first kappa shape index (κ1) is 19.2. The van der Waals surface area contributed by atoms with Crippen molar-refractivity contribution < 1.29 is 19.4 Å². The molecule has 0 aliphatic carbocycles. The van der Waals surface area contributed by atoms with E-state index >= 15 is 0 Å². The fourth-order valence-corrected chi connectivity index (χ4v) is 4.40. The smallest absolute Gasteiger partial charge is 0.349 e. The van der Waals surface area contributed by atoms with Crippen LogP contribution >= 0.6 is 22.9 Å². The number of benzene rings is 1. The van der Waals surface area contributed by atoms with Crippen molar-refractivity contribution in [3.05, 3.63) is 75.9 Å². The average molecular weight is 427 g/mol. The normalized spacial score (nSPS) is 12.1. The van der Waals surface area contributed by atoms with Gasteiger partial charge in [0, 0.05) is 22.8 Å². The molecule has 3 aromatic heterocycles. The topological polar surface area (TPSA) is 80.9 Å². The molecule has 1 unspecified atom stereocenters. The van der Waals surface area contributed by atoms with Crippen molar-refractivity contribution in [1.29, 1.82) is 0 Å². The third-order valence-corrected chi connectivity index (χ3v) is 5.90. The maximum Gasteiger partial charge on any atom is 0.349 e. The first-order valence-corrected chi connectivity index (χ1v) is 9.90. The van der Waals surface area contributed by atoms with Crippen molar-refractivity contribution >= 4 is 40.8 Å². The van der Waals surface area contributed by atoms with Crippen LogP contribution in [0.3, 0.4) is 0 Å². The number of carboxylic acids is 1. The van der Waals surface area contributed by atoms with Gasteiger partial charge in [0.2, 0.25) is 0 Å². The molecule has 4 aromatic rings. The van der Waals surface area contributed by atoms with Crippen molar-refractivity contribution in [2.24, 2.45) is 0 Å². The molecule has 8 heteroatoms. The lowest BCUT2D eigenvalue weighted by Gasteiger charge is -2.15. The van der Waals surface area contributed by atoms with E-state index < -0.39 is 12.1 Å². The molecule has 0 fully saturated rings. The molecule has 0 amide bonds. The van der Waals surface area contributed by atoms with Gasteiger partial charge in [-0.3, -0.25) is 9.20 Å². The minimum atomic E-state index is -1.11. The molecule has 29 heavy (non-hydrogen) atoms. The lowest BCUT2D eigenvalue weighted by Crippen LogP contribution is -2.06. The maximum atomic E-state index is 11.8. The second-order valence-electron chi connectivity index (χ2n) is 6.28. The number of pyridine rings is 1. The Bertz CT molecular complexity index is 1230. The minimum absolute atomic E-state index is 0.0432. The van der Waals surface area contributed by atoms with E-state index in [1.165, 1.54) is 0 Å². The fourth-order valence-electron chi connectivity index (χ4n) is 3.13. The molecule has 1 N–H and O–H groups in total. The van der Waals surface area contributed by atoms with Gasteiger partial charge >= 0.3 is 5.97 Å². The molecular weight excluding hydrogens is 412 g/mol. The number of fused-ring (bicyclic) bond motifs is 1. The van der Waals surface area contributed by atoms with Crippen molar-refractivity contribution in [2.45, 2.75) is 13.0 Å². The summed E-state index contributed by atoms with van der Waals surface area (Å²) >= 11 is 7.27. The Hall–Kier alpha value is -3.16. The zero-order valence-corrected chi connectivity index (χ0v) is 16.8. The Morgan fingerprint density at radius 2 is 2.03 bits per heavy atom. The Balaban J connectivity index is 1.80. The van der Waals surface area contributed by atoms with Crippen LogP contribution in [-0.2, 0) is 0 Å². The summed E-state index contributed by atoms with van der Waals surface area (Å²) in [5.41, 5.74) is 2.12. The Labute approximate surface area is 175 Å². The SMILES string of the molecule is CC(Oc1cc(-c2c(C=O)nc3ccccn23)sc1C(=O)O)c1ccccc1Cl. The number of carboxylic acid groups (broad SMARTS) is 1. The lowest BCUT2D eigenvalue weighted by molar-refractivity contribution is 0.0695. The molecule has 1 atom stereocenters. The first-order chi connectivity index (χ1) is 14.0. The van der Waals surface area contributed by atoms with E-state index in [1.807, 2.05) is 30.3 Å². The van der Waals surface area contributed by atoms with Crippen molar-refractivity contribution in [1.82, 2.24) is 9.38 Å². The van der Waals surface area contributed by atoms with Gasteiger partial charge in [0.1, 0.15) is 23.2 Å². The first-order valence-electron chi connectivity index (χ1n) is 8.70. The second kappa shape index (κ2) is 7.69. The lowest BCUT2D eigenvalue weighted by atomic mass is 10.1. The summed E-state index contributed by atoms with van der Waals surface area (Å²) in [6, 6.07) is 14.3. The Kier molecular flexibility index (Phi) is 5.08. The Morgan fingerprint density at radius 1 is 1.28 bits per heavy atom. The number of rotatable bonds is 6. The summed E-state index contributed by atoms with van der Waals surface area (Å²) in [5.74, 6) is -0.892. The minimum Gasteiger partial charge on any atom is -0.484 e. The molecule has 0 radical (unpaired) electrons. The van der Waals surface area contributed by atoms with Gasteiger partial charge in [0.25, 0.3) is 0 Å². The molecule has 0 saturated carbocycles. The molecule has 0 aliphatic heterocycles. The van der Waals surface area contributed by atoms with Crippen LogP contribution in [0.5, 0.6) is 5.75 Å². The predicted molar refractivity (Wildman–Crippen MR) is 111 cm³/mol. The van der Waals surface area contributed by atoms with Gasteiger partial charge in [-0.1, -0.05) is 35.9 Å². The number of hydrogen-bond donors (Lipinski definition) is 1. The average Bonchev–Trinajstić information content (AvgIpc) is 3.29. The number of imidazole rings is 1. The molecule has 4 rings (SSSR count). The van der Waals surface area contributed by atoms with Gasteiger partial charge in [-0.05, 0) is 25.1 Å². The number of ether oxygens (including phenoxy) is 1. The molecule has 6 nitrogen and oxygen atoms in total. The molecule has 0 spiro atoms. The van der Waals surface area contributed by atoms with Crippen LogP contribution in [-0.4, -0.2) is 26.7 Å². The van der Waals surface area contributed by atoms with Gasteiger partial charge < -0.3 is 9.84 Å². The number of halogens is 1.